The van der Waals surface area contributed by atoms with Gasteiger partial charge in [-0.3, -0.25) is 19.2 Å². The highest BCUT2D eigenvalue weighted by Crippen LogP contribution is 2.65. The number of carbonyl (C=O) groups excluding carboxylic acids is 4. The molecule has 2 heterocycles. The zero-order valence-electron chi connectivity index (χ0n) is 21.8. The SMILES string of the molecule is O=C1[C@H]2C3C=CC(c4ccccc4)([C@H]2C(=O)N1c1ccccc1[NH+]([O-])O)[C@H]1C(=O)N(c2ccccc2[NH+]([O-])O)C(=O)[C@@H]31. The molecule has 2 saturated heterocycles. The summed E-state index contributed by atoms with van der Waals surface area (Å²) >= 11 is 0. The lowest BCUT2D eigenvalue weighted by molar-refractivity contribution is -0.990. The third kappa shape index (κ3) is 3.27. The number of amides is 4. The number of nitrogens with zero attached hydrogens (tertiary/aromatic N) is 2. The molecule has 12 heteroatoms. The van der Waals surface area contributed by atoms with E-state index in [1.807, 2.05) is 0 Å². The van der Waals surface area contributed by atoms with Crippen molar-refractivity contribution in [2.24, 2.45) is 29.6 Å². The van der Waals surface area contributed by atoms with Gasteiger partial charge in [0.05, 0.1) is 23.7 Å². The molecule has 6 atom stereocenters. The minimum absolute atomic E-state index is 0.0724. The molecule has 1 saturated carbocycles. The number of allylic oxidation sites excluding steroid dienone is 2. The molecular formula is C30H24N4O8. The second kappa shape index (κ2) is 9.22. The number of rotatable bonds is 5. The van der Waals surface area contributed by atoms with Crippen LogP contribution < -0.4 is 20.3 Å². The molecule has 0 aromatic heterocycles. The summed E-state index contributed by atoms with van der Waals surface area (Å²) in [6.45, 7) is 0. The summed E-state index contributed by atoms with van der Waals surface area (Å²) in [6, 6.07) is 20.2. The highest BCUT2D eigenvalue weighted by Gasteiger charge is 2.75. The summed E-state index contributed by atoms with van der Waals surface area (Å²) in [6.07, 6.45) is 3.45. The topological polar surface area (TPSA) is 170 Å². The Morgan fingerprint density at radius 1 is 0.619 bits per heavy atom. The Labute approximate surface area is 238 Å². The monoisotopic (exact) mass is 568 g/mol. The molecule has 12 nitrogen and oxygen atoms in total. The highest BCUT2D eigenvalue weighted by molar-refractivity contribution is 6.28. The molecule has 2 unspecified atom stereocenters. The number of benzene rings is 3. The molecule has 3 aromatic rings. The van der Waals surface area contributed by atoms with Gasteiger partial charge in [-0.25, -0.2) is 20.2 Å². The van der Waals surface area contributed by atoms with Crippen LogP contribution in [0.3, 0.4) is 0 Å². The van der Waals surface area contributed by atoms with Crippen molar-refractivity contribution in [2.75, 3.05) is 9.80 Å². The number of hydrogen-bond donors (Lipinski definition) is 4. The Morgan fingerprint density at radius 3 is 1.50 bits per heavy atom. The van der Waals surface area contributed by atoms with Gasteiger partial charge in [0, 0.05) is 23.5 Å². The maximum atomic E-state index is 14.4. The van der Waals surface area contributed by atoms with E-state index in [4.69, 9.17) is 0 Å². The van der Waals surface area contributed by atoms with E-state index >= 15 is 0 Å². The van der Waals surface area contributed by atoms with E-state index in [0.29, 0.717) is 5.56 Å². The molecule has 3 aromatic carbocycles. The Balaban J connectivity index is 1.43. The molecule has 3 aliphatic carbocycles. The van der Waals surface area contributed by atoms with Gasteiger partial charge in [-0.15, -0.1) is 0 Å². The molecular weight excluding hydrogens is 544 g/mol. The number of para-hydroxylation sites is 4. The van der Waals surface area contributed by atoms with Gasteiger partial charge in [0.1, 0.15) is 11.4 Å². The highest BCUT2D eigenvalue weighted by atomic mass is 16.8. The predicted molar refractivity (Wildman–Crippen MR) is 144 cm³/mol. The second-order valence-corrected chi connectivity index (χ2v) is 10.9. The maximum Gasteiger partial charge on any atom is 0.239 e. The zero-order chi connectivity index (χ0) is 29.5. The number of imide groups is 2. The molecule has 4 N–H and O–H groups in total. The third-order valence-electron chi connectivity index (χ3n) is 9.18. The predicted octanol–water partition coefficient (Wildman–Crippen LogP) is 0.542. The number of quaternary nitrogens is 2. The smallest absolute Gasteiger partial charge is 0.239 e. The summed E-state index contributed by atoms with van der Waals surface area (Å²) in [5.41, 5.74) is -1.47. The fraction of sp³-hybridized carbons (Fsp3) is 0.200. The normalized spacial score (nSPS) is 31.0. The van der Waals surface area contributed by atoms with Crippen LogP contribution in [-0.4, -0.2) is 34.0 Å². The molecule has 212 valence electrons. The van der Waals surface area contributed by atoms with Crippen molar-refractivity contribution < 1.29 is 40.0 Å². The number of nitrogens with one attached hydrogen (secondary N) is 2. The van der Waals surface area contributed by atoms with E-state index in [0.717, 1.165) is 9.80 Å². The first kappa shape index (κ1) is 26.3. The molecule has 3 fully saturated rings. The van der Waals surface area contributed by atoms with Crippen molar-refractivity contribution >= 4 is 46.4 Å². The van der Waals surface area contributed by atoms with Crippen molar-refractivity contribution in [2.45, 2.75) is 5.41 Å². The third-order valence-corrected chi connectivity index (χ3v) is 9.18. The lowest BCUT2D eigenvalue weighted by atomic mass is 9.45. The quantitative estimate of drug-likeness (QED) is 0.196. The second-order valence-electron chi connectivity index (χ2n) is 10.9. The minimum Gasteiger partial charge on any atom is -0.595 e. The maximum absolute atomic E-state index is 14.4. The Morgan fingerprint density at radius 2 is 1.05 bits per heavy atom. The molecule has 4 amide bonds. The van der Waals surface area contributed by atoms with Gasteiger partial charge < -0.3 is 10.4 Å². The van der Waals surface area contributed by atoms with Crippen LogP contribution in [0.1, 0.15) is 5.56 Å². The van der Waals surface area contributed by atoms with Crippen LogP contribution in [0.15, 0.2) is 91.0 Å². The number of hydrogen-bond acceptors (Lipinski definition) is 8. The van der Waals surface area contributed by atoms with Crippen LogP contribution in [0, 0.1) is 40.0 Å². The summed E-state index contributed by atoms with van der Waals surface area (Å²) in [5.74, 6) is -7.72. The minimum atomic E-state index is -1.43. The van der Waals surface area contributed by atoms with Gasteiger partial charge in [0.2, 0.25) is 23.6 Å². The van der Waals surface area contributed by atoms with Crippen LogP contribution in [0.2, 0.25) is 0 Å². The molecule has 8 rings (SSSR count). The Hall–Kier alpha value is -4.56. The van der Waals surface area contributed by atoms with Crippen molar-refractivity contribution in [1.29, 1.82) is 0 Å². The van der Waals surface area contributed by atoms with Crippen LogP contribution in [0.25, 0.3) is 0 Å². The molecule has 0 spiro atoms. The van der Waals surface area contributed by atoms with Crippen molar-refractivity contribution in [3.8, 4) is 0 Å². The van der Waals surface area contributed by atoms with E-state index in [1.165, 1.54) is 48.5 Å². The molecule has 42 heavy (non-hydrogen) atoms. The van der Waals surface area contributed by atoms with Crippen molar-refractivity contribution in [3.05, 3.63) is 107 Å². The average Bonchev–Trinajstić information content (AvgIpc) is 3.44. The molecule has 5 aliphatic rings. The zero-order valence-corrected chi connectivity index (χ0v) is 21.8. The fourth-order valence-corrected chi connectivity index (χ4v) is 7.65. The van der Waals surface area contributed by atoms with E-state index in [9.17, 15) is 40.0 Å². The van der Waals surface area contributed by atoms with Gasteiger partial charge in [-0.2, -0.15) is 10.5 Å². The van der Waals surface area contributed by atoms with Crippen LogP contribution in [0.5, 0.6) is 0 Å². The van der Waals surface area contributed by atoms with E-state index < -0.39 is 69.1 Å². The van der Waals surface area contributed by atoms with Crippen LogP contribution in [0.4, 0.5) is 22.7 Å². The van der Waals surface area contributed by atoms with Crippen LogP contribution >= 0.6 is 0 Å². The summed E-state index contributed by atoms with van der Waals surface area (Å²) < 4.78 is 0. The van der Waals surface area contributed by atoms with E-state index in [1.54, 1.807) is 42.5 Å². The standard InChI is InChI=1S/C30H24N4O8/c35-26-22-17-14-15-30(16-8-2-1-3-9-16,24(22)28(37)31(26)18-10-4-6-12-20(18)33(39)40)25-23(17)27(36)32(29(25)38)19-11-5-7-13-21(19)34(41)42/h1-15,17,22-25,33-34,39,41H/t17?,22-,23-,24+,25+,30?/m0/s1. The molecule has 0 radical (unpaired) electrons. The first-order valence-corrected chi connectivity index (χ1v) is 13.3. The summed E-state index contributed by atoms with van der Waals surface area (Å²) in [4.78, 5) is 58.8. The lowest BCUT2D eigenvalue weighted by Gasteiger charge is -2.53. The fourth-order valence-electron chi connectivity index (χ4n) is 7.65. The lowest BCUT2D eigenvalue weighted by Crippen LogP contribution is -2.99. The van der Waals surface area contributed by atoms with E-state index in [-0.39, 0.29) is 22.7 Å². The first-order chi connectivity index (χ1) is 20.2. The number of carbonyl (C=O) groups is 4. The Kier molecular flexibility index (Phi) is 5.79. The summed E-state index contributed by atoms with van der Waals surface area (Å²) in [7, 11) is 0. The van der Waals surface area contributed by atoms with Gasteiger partial charge in [-0.1, -0.05) is 66.7 Å². The van der Waals surface area contributed by atoms with Gasteiger partial charge in [0.15, 0.2) is 11.4 Å². The average molecular weight is 569 g/mol. The first-order valence-electron chi connectivity index (χ1n) is 13.3. The van der Waals surface area contributed by atoms with Gasteiger partial charge in [0.25, 0.3) is 0 Å². The molecule has 2 bridgehead atoms. The van der Waals surface area contributed by atoms with Gasteiger partial charge in [-0.05, 0) is 17.7 Å². The van der Waals surface area contributed by atoms with Crippen molar-refractivity contribution in [3.63, 3.8) is 0 Å². The summed E-state index contributed by atoms with van der Waals surface area (Å²) in [5, 5.41) is 41.0. The molecule has 2 aliphatic heterocycles. The van der Waals surface area contributed by atoms with Gasteiger partial charge >= 0.3 is 0 Å². The van der Waals surface area contributed by atoms with Crippen LogP contribution in [-0.2, 0) is 24.6 Å². The number of anilines is 2. The largest absolute Gasteiger partial charge is 0.595 e. The Bertz CT molecular complexity index is 1590. The van der Waals surface area contributed by atoms with Crippen molar-refractivity contribution in [1.82, 2.24) is 0 Å². The van der Waals surface area contributed by atoms with E-state index in [2.05, 4.69) is 0 Å².